The number of phenols is 1. The first-order valence-electron chi connectivity index (χ1n) is 7.18. The lowest BCUT2D eigenvalue weighted by atomic mass is 10.1. The van der Waals surface area contributed by atoms with Crippen molar-refractivity contribution in [2.24, 2.45) is 0 Å². The van der Waals surface area contributed by atoms with E-state index in [1.54, 1.807) is 12.1 Å². The summed E-state index contributed by atoms with van der Waals surface area (Å²) in [5, 5.41) is 26.4. The van der Waals surface area contributed by atoms with Crippen LogP contribution in [0.2, 0.25) is 0 Å². The van der Waals surface area contributed by atoms with Crippen molar-refractivity contribution in [3.63, 3.8) is 0 Å². The van der Waals surface area contributed by atoms with Crippen LogP contribution in [0.3, 0.4) is 0 Å². The van der Waals surface area contributed by atoms with E-state index in [1.807, 2.05) is 0 Å². The van der Waals surface area contributed by atoms with Crippen LogP contribution < -0.4 is 10.6 Å². The first-order valence-corrected chi connectivity index (χ1v) is 7.18. The molecule has 0 heterocycles. The quantitative estimate of drug-likeness (QED) is 0.581. The van der Waals surface area contributed by atoms with Crippen LogP contribution in [-0.4, -0.2) is 22.0 Å². The van der Waals surface area contributed by atoms with Gasteiger partial charge in [0.1, 0.15) is 11.4 Å². The minimum Gasteiger partial charge on any atom is -0.508 e. The van der Waals surface area contributed by atoms with Crippen LogP contribution in [-0.2, 0) is 0 Å². The molecule has 1 amide bonds. The molecule has 0 radical (unpaired) electrons. The SMILES string of the molecule is O=C(NC1CC1)c1ccc(Nc2cccc(O)c2)c([N+](=O)[O-])c1. The molecule has 0 bridgehead atoms. The second kappa shape index (κ2) is 5.96. The standard InChI is InChI=1S/C16H15N3O4/c20-13-3-1-2-12(9-13)17-14-7-4-10(8-15(14)19(22)23)16(21)18-11-5-6-11/h1-4,7-9,11,17,20H,5-6H2,(H,18,21). The number of phenolic OH excluding ortho intramolecular Hbond substituents is 1. The third-order valence-electron chi connectivity index (χ3n) is 3.49. The van der Waals surface area contributed by atoms with E-state index in [-0.39, 0.29) is 34.6 Å². The van der Waals surface area contributed by atoms with Gasteiger partial charge in [0.15, 0.2) is 0 Å². The third-order valence-corrected chi connectivity index (χ3v) is 3.49. The highest BCUT2D eigenvalue weighted by Gasteiger charge is 2.25. The van der Waals surface area contributed by atoms with Crippen LogP contribution in [0.25, 0.3) is 0 Å². The van der Waals surface area contributed by atoms with Gasteiger partial charge in [-0.2, -0.15) is 0 Å². The van der Waals surface area contributed by atoms with Gasteiger partial charge in [-0.3, -0.25) is 14.9 Å². The smallest absolute Gasteiger partial charge is 0.293 e. The molecule has 2 aromatic carbocycles. The predicted molar refractivity (Wildman–Crippen MR) is 85.0 cm³/mol. The highest BCUT2D eigenvalue weighted by Crippen LogP contribution is 2.30. The van der Waals surface area contributed by atoms with Crippen LogP contribution in [0.1, 0.15) is 23.2 Å². The minimum atomic E-state index is -0.543. The second-order valence-electron chi connectivity index (χ2n) is 5.41. The summed E-state index contributed by atoms with van der Waals surface area (Å²) in [6.07, 6.45) is 1.90. The normalized spacial score (nSPS) is 13.4. The fraction of sp³-hybridized carbons (Fsp3) is 0.188. The van der Waals surface area contributed by atoms with E-state index in [0.29, 0.717) is 5.69 Å². The monoisotopic (exact) mass is 313 g/mol. The molecular formula is C16H15N3O4. The molecule has 1 aliphatic rings. The van der Waals surface area contributed by atoms with Gasteiger partial charge >= 0.3 is 0 Å². The number of benzene rings is 2. The Bertz CT molecular complexity index is 772. The number of nitro groups is 1. The maximum atomic E-state index is 12.0. The summed E-state index contributed by atoms with van der Waals surface area (Å²) in [6, 6.07) is 10.7. The molecule has 23 heavy (non-hydrogen) atoms. The molecule has 2 aromatic rings. The number of aromatic hydroxyl groups is 1. The number of nitrogens with one attached hydrogen (secondary N) is 2. The lowest BCUT2D eigenvalue weighted by molar-refractivity contribution is -0.383. The number of anilines is 2. The fourth-order valence-electron chi connectivity index (χ4n) is 2.17. The molecule has 0 spiro atoms. The summed E-state index contributed by atoms with van der Waals surface area (Å²) in [6.45, 7) is 0. The van der Waals surface area contributed by atoms with Gasteiger partial charge in [-0.05, 0) is 37.1 Å². The summed E-state index contributed by atoms with van der Waals surface area (Å²) in [5.74, 6) is -0.252. The number of rotatable bonds is 5. The van der Waals surface area contributed by atoms with Crippen molar-refractivity contribution in [3.05, 3.63) is 58.1 Å². The Balaban J connectivity index is 1.87. The van der Waals surface area contributed by atoms with Gasteiger partial charge in [-0.1, -0.05) is 6.07 Å². The van der Waals surface area contributed by atoms with E-state index in [9.17, 15) is 20.0 Å². The molecule has 0 unspecified atom stereocenters. The van der Waals surface area contributed by atoms with Crippen LogP contribution in [0.15, 0.2) is 42.5 Å². The topological polar surface area (TPSA) is 104 Å². The van der Waals surface area contributed by atoms with E-state index in [2.05, 4.69) is 10.6 Å². The van der Waals surface area contributed by atoms with Gasteiger partial charge < -0.3 is 15.7 Å². The van der Waals surface area contributed by atoms with Crippen molar-refractivity contribution in [2.75, 3.05) is 5.32 Å². The number of carbonyl (C=O) groups excluding carboxylic acids is 1. The molecule has 0 saturated heterocycles. The summed E-state index contributed by atoms with van der Waals surface area (Å²) in [4.78, 5) is 22.7. The number of carbonyl (C=O) groups is 1. The first-order chi connectivity index (χ1) is 11.0. The largest absolute Gasteiger partial charge is 0.508 e. The Morgan fingerprint density at radius 3 is 2.65 bits per heavy atom. The van der Waals surface area contributed by atoms with E-state index in [1.165, 1.54) is 30.3 Å². The van der Waals surface area contributed by atoms with Crippen LogP contribution in [0, 0.1) is 10.1 Å². The number of hydrogen-bond acceptors (Lipinski definition) is 5. The van der Waals surface area contributed by atoms with Gasteiger partial charge in [0.05, 0.1) is 4.92 Å². The number of hydrogen-bond donors (Lipinski definition) is 3. The Morgan fingerprint density at radius 2 is 2.00 bits per heavy atom. The van der Waals surface area contributed by atoms with Gasteiger partial charge in [-0.15, -0.1) is 0 Å². The number of nitrogens with zero attached hydrogens (tertiary/aromatic N) is 1. The molecule has 7 nitrogen and oxygen atoms in total. The average molecular weight is 313 g/mol. The van der Waals surface area contributed by atoms with Crippen LogP contribution >= 0.6 is 0 Å². The average Bonchev–Trinajstić information content (AvgIpc) is 3.31. The first kappa shape index (κ1) is 14.8. The van der Waals surface area contributed by atoms with Crippen molar-refractivity contribution in [2.45, 2.75) is 18.9 Å². The molecule has 3 N–H and O–H groups in total. The van der Waals surface area contributed by atoms with E-state index in [4.69, 9.17) is 0 Å². The molecule has 0 atom stereocenters. The van der Waals surface area contributed by atoms with Crippen molar-refractivity contribution in [1.82, 2.24) is 5.32 Å². The molecule has 1 saturated carbocycles. The zero-order valence-electron chi connectivity index (χ0n) is 12.2. The summed E-state index contributed by atoms with van der Waals surface area (Å²) < 4.78 is 0. The Kier molecular flexibility index (Phi) is 3.84. The second-order valence-corrected chi connectivity index (χ2v) is 5.41. The van der Waals surface area contributed by atoms with E-state index < -0.39 is 4.92 Å². The predicted octanol–water partition coefficient (Wildman–Crippen LogP) is 2.94. The van der Waals surface area contributed by atoms with Crippen LogP contribution in [0.5, 0.6) is 5.75 Å². The van der Waals surface area contributed by atoms with Crippen LogP contribution in [0.4, 0.5) is 17.1 Å². The summed E-state index contributed by atoms with van der Waals surface area (Å²) in [7, 11) is 0. The van der Waals surface area contributed by atoms with Gasteiger partial charge in [-0.25, -0.2) is 0 Å². The summed E-state index contributed by atoms with van der Waals surface area (Å²) in [5.41, 5.74) is 0.828. The lowest BCUT2D eigenvalue weighted by Crippen LogP contribution is -2.25. The van der Waals surface area contributed by atoms with Crippen molar-refractivity contribution < 1.29 is 14.8 Å². The molecule has 1 aliphatic carbocycles. The Labute approximate surface area is 132 Å². The highest BCUT2D eigenvalue weighted by molar-refractivity contribution is 5.96. The molecular weight excluding hydrogens is 298 g/mol. The number of nitro benzene ring substituents is 1. The zero-order chi connectivity index (χ0) is 16.4. The minimum absolute atomic E-state index is 0.0538. The van der Waals surface area contributed by atoms with Crippen molar-refractivity contribution in [1.29, 1.82) is 0 Å². The third kappa shape index (κ3) is 3.57. The molecule has 1 fully saturated rings. The molecule has 0 aromatic heterocycles. The lowest BCUT2D eigenvalue weighted by Gasteiger charge is -2.09. The van der Waals surface area contributed by atoms with Gasteiger partial charge in [0.25, 0.3) is 11.6 Å². The zero-order valence-corrected chi connectivity index (χ0v) is 12.2. The maximum Gasteiger partial charge on any atom is 0.293 e. The molecule has 7 heteroatoms. The molecule has 0 aliphatic heterocycles. The maximum absolute atomic E-state index is 12.0. The van der Waals surface area contributed by atoms with Crippen molar-refractivity contribution in [3.8, 4) is 5.75 Å². The molecule has 3 rings (SSSR count). The Morgan fingerprint density at radius 1 is 1.22 bits per heavy atom. The summed E-state index contributed by atoms with van der Waals surface area (Å²) >= 11 is 0. The fourth-order valence-corrected chi connectivity index (χ4v) is 2.17. The number of amides is 1. The molecule has 118 valence electrons. The van der Waals surface area contributed by atoms with Crippen molar-refractivity contribution >= 4 is 23.0 Å². The van der Waals surface area contributed by atoms with E-state index >= 15 is 0 Å². The van der Waals surface area contributed by atoms with E-state index in [0.717, 1.165) is 12.8 Å². The van der Waals surface area contributed by atoms with Gasteiger partial charge in [0, 0.05) is 29.4 Å². The highest BCUT2D eigenvalue weighted by atomic mass is 16.6. The Hall–Kier alpha value is -3.09. The van der Waals surface area contributed by atoms with Gasteiger partial charge in [0.2, 0.25) is 0 Å².